The van der Waals surface area contributed by atoms with Gasteiger partial charge in [-0.15, -0.1) is 11.9 Å². The van der Waals surface area contributed by atoms with Crippen molar-refractivity contribution in [3.05, 3.63) is 24.3 Å². The summed E-state index contributed by atoms with van der Waals surface area (Å²) in [6, 6.07) is 2.95. The van der Waals surface area contributed by atoms with Gasteiger partial charge in [0.2, 0.25) is 0 Å². The second kappa shape index (κ2) is 5.38. The van der Waals surface area contributed by atoms with Crippen LogP contribution in [0.15, 0.2) is 12.5 Å². The minimum atomic E-state index is 0. The maximum atomic E-state index is 4.01. The Morgan fingerprint density at radius 1 is 1.50 bits per heavy atom. The summed E-state index contributed by atoms with van der Waals surface area (Å²) in [7, 11) is 0. The van der Waals surface area contributed by atoms with Crippen LogP contribution in [0.3, 0.4) is 0 Å². The Morgan fingerprint density at radius 2 is 2.20 bits per heavy atom. The van der Waals surface area contributed by atoms with Crippen molar-refractivity contribution in [3.8, 4) is 0 Å². The van der Waals surface area contributed by atoms with Crippen LogP contribution < -0.4 is 51.4 Å². The van der Waals surface area contributed by atoms with Crippen molar-refractivity contribution >= 4 is 0 Å². The van der Waals surface area contributed by atoms with Crippen LogP contribution in [0.5, 0.6) is 0 Å². The van der Waals surface area contributed by atoms with E-state index in [2.05, 4.69) is 29.9 Å². The molecule has 0 saturated carbocycles. The molecule has 48 valence electrons. The quantitative estimate of drug-likeness (QED) is 0.365. The molecule has 1 aromatic rings. The molecule has 0 saturated heterocycles. The predicted molar refractivity (Wildman–Crippen MR) is 35.0 cm³/mol. The topological polar surface area (TPSA) is 25.8 Å². The maximum absolute atomic E-state index is 4.01. The molecule has 0 unspecified atom stereocenters. The van der Waals surface area contributed by atoms with E-state index in [1.807, 2.05) is 0 Å². The molecule has 0 atom stereocenters. The van der Waals surface area contributed by atoms with E-state index in [0.717, 1.165) is 5.69 Å². The smallest absolute Gasteiger partial charge is 0.430 e. The zero-order valence-electron chi connectivity index (χ0n) is 6.63. The fourth-order valence-electron chi connectivity index (χ4n) is 0.585. The molecule has 0 aliphatic heterocycles. The number of hydrogen-bond donors (Lipinski definition) is 0. The monoisotopic (exact) mass is 160 g/mol. The average molecular weight is 160 g/mol. The molecule has 1 rings (SSSR count). The van der Waals surface area contributed by atoms with E-state index >= 15 is 0 Å². The zero-order chi connectivity index (χ0) is 6.69. The van der Waals surface area contributed by atoms with E-state index < -0.39 is 0 Å². The summed E-state index contributed by atoms with van der Waals surface area (Å²) in [4.78, 5) is 7.77. The minimum Gasteiger partial charge on any atom is -0.430 e. The molecular formula is C7H9KN2. The fourth-order valence-corrected chi connectivity index (χ4v) is 0.585. The van der Waals surface area contributed by atoms with Gasteiger partial charge in [0.15, 0.2) is 0 Å². The summed E-state index contributed by atoms with van der Waals surface area (Å²) in [5.41, 5.74) is 0.977. The van der Waals surface area contributed by atoms with Crippen LogP contribution in [0, 0.1) is 6.07 Å². The van der Waals surface area contributed by atoms with Gasteiger partial charge in [0.05, 0.1) is 0 Å². The first-order chi connectivity index (χ1) is 4.30. The van der Waals surface area contributed by atoms with Gasteiger partial charge in [0.1, 0.15) is 6.33 Å². The van der Waals surface area contributed by atoms with Gasteiger partial charge >= 0.3 is 51.4 Å². The Labute approximate surface area is 104 Å². The van der Waals surface area contributed by atoms with Gasteiger partial charge in [-0.2, -0.15) is 0 Å². The van der Waals surface area contributed by atoms with Crippen molar-refractivity contribution in [2.24, 2.45) is 0 Å². The molecule has 1 heterocycles. The zero-order valence-corrected chi connectivity index (χ0v) is 9.75. The van der Waals surface area contributed by atoms with Crippen LogP contribution in [-0.2, 0) is 0 Å². The Morgan fingerprint density at radius 3 is 2.50 bits per heavy atom. The third-order valence-electron chi connectivity index (χ3n) is 1.10. The SMILES string of the molecule is CC(C)c1[c-]cncn1.[K+]. The third kappa shape index (κ3) is 3.21. The largest absolute Gasteiger partial charge is 1.00 e. The molecule has 0 aliphatic rings. The van der Waals surface area contributed by atoms with E-state index in [4.69, 9.17) is 0 Å². The first kappa shape index (κ1) is 10.7. The molecule has 0 aromatic carbocycles. The first-order valence-corrected chi connectivity index (χ1v) is 2.98. The summed E-state index contributed by atoms with van der Waals surface area (Å²) < 4.78 is 0. The van der Waals surface area contributed by atoms with Crippen LogP contribution >= 0.6 is 0 Å². The molecular weight excluding hydrogens is 151 g/mol. The van der Waals surface area contributed by atoms with Crippen molar-refractivity contribution in [2.45, 2.75) is 19.8 Å². The molecule has 0 N–H and O–H groups in total. The molecule has 10 heavy (non-hydrogen) atoms. The van der Waals surface area contributed by atoms with E-state index in [1.165, 1.54) is 0 Å². The molecule has 0 amide bonds. The summed E-state index contributed by atoms with van der Waals surface area (Å²) >= 11 is 0. The van der Waals surface area contributed by atoms with Gasteiger partial charge in [-0.3, -0.25) is 9.97 Å². The van der Waals surface area contributed by atoms with Crippen molar-refractivity contribution < 1.29 is 51.4 Å². The second-order valence-electron chi connectivity index (χ2n) is 2.21. The Kier molecular flexibility index (Phi) is 5.76. The van der Waals surface area contributed by atoms with E-state index in [0.29, 0.717) is 5.92 Å². The summed E-state index contributed by atoms with van der Waals surface area (Å²) in [5.74, 6) is 0.452. The second-order valence-corrected chi connectivity index (χ2v) is 2.21. The molecule has 0 aliphatic carbocycles. The Bertz CT molecular complexity index is 174. The van der Waals surface area contributed by atoms with Crippen molar-refractivity contribution in [1.82, 2.24) is 9.97 Å². The fraction of sp³-hybridized carbons (Fsp3) is 0.429. The molecule has 2 nitrogen and oxygen atoms in total. The summed E-state index contributed by atoms with van der Waals surface area (Å²) in [6.07, 6.45) is 3.19. The molecule has 3 heteroatoms. The van der Waals surface area contributed by atoms with Gasteiger partial charge < -0.3 is 6.07 Å². The summed E-state index contributed by atoms with van der Waals surface area (Å²) in [5, 5.41) is 0. The number of nitrogens with zero attached hydrogens (tertiary/aromatic N) is 2. The number of rotatable bonds is 1. The van der Waals surface area contributed by atoms with Crippen LogP contribution in [0.1, 0.15) is 25.5 Å². The van der Waals surface area contributed by atoms with E-state index in [1.54, 1.807) is 12.5 Å². The maximum Gasteiger partial charge on any atom is 1.00 e. The molecule has 0 fully saturated rings. The van der Waals surface area contributed by atoms with Crippen LogP contribution in [0.2, 0.25) is 0 Å². The van der Waals surface area contributed by atoms with Crippen LogP contribution in [0.4, 0.5) is 0 Å². The van der Waals surface area contributed by atoms with Gasteiger partial charge in [-0.05, 0) is 5.92 Å². The number of hydrogen-bond acceptors (Lipinski definition) is 2. The molecule has 1 aromatic heterocycles. The van der Waals surface area contributed by atoms with Crippen molar-refractivity contribution in [1.29, 1.82) is 0 Å². The Hall–Kier alpha value is 0.716. The molecule has 0 bridgehead atoms. The first-order valence-electron chi connectivity index (χ1n) is 2.98. The van der Waals surface area contributed by atoms with Crippen LogP contribution in [0.25, 0.3) is 0 Å². The van der Waals surface area contributed by atoms with Gasteiger partial charge in [-0.25, -0.2) is 0 Å². The van der Waals surface area contributed by atoms with Crippen LogP contribution in [-0.4, -0.2) is 9.97 Å². The van der Waals surface area contributed by atoms with Gasteiger partial charge in [0, 0.05) is 0 Å². The van der Waals surface area contributed by atoms with Crippen molar-refractivity contribution in [2.75, 3.05) is 0 Å². The van der Waals surface area contributed by atoms with Gasteiger partial charge in [-0.1, -0.05) is 13.8 Å². The van der Waals surface area contributed by atoms with E-state index in [9.17, 15) is 0 Å². The van der Waals surface area contributed by atoms with Gasteiger partial charge in [0.25, 0.3) is 0 Å². The third-order valence-corrected chi connectivity index (χ3v) is 1.10. The molecule has 0 radical (unpaired) electrons. The minimum absolute atomic E-state index is 0. The Balaban J connectivity index is 0.000000810. The normalized spacial score (nSPS) is 9.10. The number of aromatic nitrogens is 2. The molecule has 0 spiro atoms. The van der Waals surface area contributed by atoms with E-state index in [-0.39, 0.29) is 51.4 Å². The average Bonchev–Trinajstić information content (AvgIpc) is 1.90. The van der Waals surface area contributed by atoms with Crippen molar-refractivity contribution in [3.63, 3.8) is 0 Å². The predicted octanol–water partition coefficient (Wildman–Crippen LogP) is -1.60. The standard InChI is InChI=1S/C7H9N2.K/c1-6(2)7-3-4-8-5-9-7;/h4-6H,1-2H3;/q-1;+1. The summed E-state index contributed by atoms with van der Waals surface area (Å²) in [6.45, 7) is 4.16.